The molecule has 0 bridgehead atoms. The molecule has 0 heterocycles. The van der Waals surface area contributed by atoms with Crippen LogP contribution in [-0.2, 0) is 9.47 Å². The average Bonchev–Trinajstić information content (AvgIpc) is 1.96. The number of rotatable bonds is 6. The molecule has 2 N–H and O–H groups in total. The van der Waals surface area contributed by atoms with Gasteiger partial charge in [0.15, 0.2) is 6.29 Å². The molecule has 0 amide bonds. The van der Waals surface area contributed by atoms with Gasteiger partial charge < -0.3 is 19.9 Å². The molecule has 0 spiro atoms. The van der Waals surface area contributed by atoms with Gasteiger partial charge in [-0.25, -0.2) is 0 Å². The molecule has 0 aromatic rings. The second-order valence-corrected chi connectivity index (χ2v) is 3.34. The lowest BCUT2D eigenvalue weighted by Crippen LogP contribution is -2.39. The smallest absolute Gasteiger partial charge is 0.169 e. The summed E-state index contributed by atoms with van der Waals surface area (Å²) in [7, 11) is 3.17. The highest BCUT2D eigenvalue weighted by atomic mass is 16.7. The molecular weight excluding hydrogens is 158 g/mol. The van der Waals surface area contributed by atoms with E-state index >= 15 is 0 Å². The fourth-order valence-corrected chi connectivity index (χ4v) is 0.759. The van der Waals surface area contributed by atoms with Gasteiger partial charge >= 0.3 is 0 Å². The Hall–Kier alpha value is -0.160. The molecule has 0 aromatic heterocycles. The number of aliphatic hydroxyl groups is 1. The quantitative estimate of drug-likeness (QED) is 0.559. The molecule has 0 rings (SSSR count). The first kappa shape index (κ1) is 11.8. The molecule has 74 valence electrons. The minimum Gasteiger partial charge on any atom is -0.389 e. The van der Waals surface area contributed by atoms with Crippen molar-refractivity contribution in [3.05, 3.63) is 0 Å². The van der Waals surface area contributed by atoms with Crippen LogP contribution in [0.3, 0.4) is 0 Å². The Kier molecular flexibility index (Phi) is 5.41. The van der Waals surface area contributed by atoms with Crippen molar-refractivity contribution >= 4 is 0 Å². The first-order valence-corrected chi connectivity index (χ1v) is 3.98. The van der Waals surface area contributed by atoms with E-state index in [0.29, 0.717) is 13.1 Å². The summed E-state index contributed by atoms with van der Waals surface area (Å²) in [4.78, 5) is 0. The maximum Gasteiger partial charge on any atom is 0.169 e. The Morgan fingerprint density at radius 3 is 2.17 bits per heavy atom. The van der Waals surface area contributed by atoms with Crippen LogP contribution < -0.4 is 5.32 Å². The molecule has 0 atom stereocenters. The van der Waals surface area contributed by atoms with E-state index in [-0.39, 0.29) is 6.29 Å². The average molecular weight is 177 g/mol. The highest BCUT2D eigenvalue weighted by Gasteiger charge is 2.12. The summed E-state index contributed by atoms with van der Waals surface area (Å²) in [5.74, 6) is 0. The van der Waals surface area contributed by atoms with Crippen molar-refractivity contribution in [3.8, 4) is 0 Å². The van der Waals surface area contributed by atoms with Crippen LogP contribution in [0.4, 0.5) is 0 Å². The number of hydrogen-bond donors (Lipinski definition) is 2. The molecule has 4 nitrogen and oxygen atoms in total. The minimum atomic E-state index is -0.688. The summed E-state index contributed by atoms with van der Waals surface area (Å²) in [5.41, 5.74) is -0.688. The van der Waals surface area contributed by atoms with Crippen molar-refractivity contribution in [1.29, 1.82) is 0 Å². The normalized spacial score (nSPS) is 12.5. The summed E-state index contributed by atoms with van der Waals surface area (Å²) in [6.45, 7) is 4.59. The van der Waals surface area contributed by atoms with Crippen molar-refractivity contribution in [2.24, 2.45) is 0 Å². The van der Waals surface area contributed by atoms with Gasteiger partial charge in [-0.15, -0.1) is 0 Å². The van der Waals surface area contributed by atoms with Gasteiger partial charge in [0, 0.05) is 27.3 Å². The Morgan fingerprint density at radius 2 is 1.83 bits per heavy atom. The van der Waals surface area contributed by atoms with Crippen LogP contribution in [0, 0.1) is 0 Å². The van der Waals surface area contributed by atoms with Crippen LogP contribution in [0.2, 0.25) is 0 Å². The Labute approximate surface area is 73.9 Å². The van der Waals surface area contributed by atoms with E-state index in [2.05, 4.69) is 5.32 Å². The summed E-state index contributed by atoms with van der Waals surface area (Å²) in [6, 6.07) is 0. The lowest BCUT2D eigenvalue weighted by atomic mass is 10.1. The third kappa shape index (κ3) is 6.54. The van der Waals surface area contributed by atoms with E-state index in [1.54, 1.807) is 28.1 Å². The highest BCUT2D eigenvalue weighted by Crippen LogP contribution is 1.97. The summed E-state index contributed by atoms with van der Waals surface area (Å²) in [6.07, 6.45) is -0.243. The maximum absolute atomic E-state index is 9.33. The van der Waals surface area contributed by atoms with Crippen LogP contribution in [0.1, 0.15) is 13.8 Å². The van der Waals surface area contributed by atoms with E-state index in [9.17, 15) is 5.11 Å². The minimum absolute atomic E-state index is 0.243. The summed E-state index contributed by atoms with van der Waals surface area (Å²) in [5, 5.41) is 12.4. The lowest BCUT2D eigenvalue weighted by Gasteiger charge is -2.20. The van der Waals surface area contributed by atoms with E-state index in [1.807, 2.05) is 0 Å². The number of nitrogens with one attached hydrogen (secondary N) is 1. The molecule has 0 fully saturated rings. The molecule has 0 aliphatic carbocycles. The number of hydrogen-bond acceptors (Lipinski definition) is 4. The zero-order valence-corrected chi connectivity index (χ0v) is 8.26. The van der Waals surface area contributed by atoms with Crippen LogP contribution in [0.15, 0.2) is 0 Å². The monoisotopic (exact) mass is 177 g/mol. The van der Waals surface area contributed by atoms with Gasteiger partial charge in [-0.1, -0.05) is 0 Å². The predicted molar refractivity (Wildman–Crippen MR) is 47.0 cm³/mol. The summed E-state index contributed by atoms with van der Waals surface area (Å²) < 4.78 is 9.90. The first-order chi connectivity index (χ1) is 5.49. The van der Waals surface area contributed by atoms with Gasteiger partial charge in [0.1, 0.15) is 0 Å². The van der Waals surface area contributed by atoms with Gasteiger partial charge in [-0.3, -0.25) is 0 Å². The second kappa shape index (κ2) is 5.48. The topological polar surface area (TPSA) is 50.7 Å². The van der Waals surface area contributed by atoms with Gasteiger partial charge in [-0.05, 0) is 13.8 Å². The van der Waals surface area contributed by atoms with E-state index in [1.165, 1.54) is 0 Å². The van der Waals surface area contributed by atoms with Crippen molar-refractivity contribution in [2.45, 2.75) is 25.7 Å². The van der Waals surface area contributed by atoms with Crippen molar-refractivity contribution < 1.29 is 14.6 Å². The molecule has 12 heavy (non-hydrogen) atoms. The molecule has 4 heteroatoms. The van der Waals surface area contributed by atoms with E-state index in [4.69, 9.17) is 9.47 Å². The fourth-order valence-electron chi connectivity index (χ4n) is 0.759. The van der Waals surface area contributed by atoms with Gasteiger partial charge in [0.25, 0.3) is 0 Å². The third-order valence-corrected chi connectivity index (χ3v) is 1.39. The molecule has 0 radical (unpaired) electrons. The molecule has 0 aliphatic rings. The fraction of sp³-hybridized carbons (Fsp3) is 1.00. The second-order valence-electron chi connectivity index (χ2n) is 3.34. The zero-order chi connectivity index (χ0) is 9.61. The molecule has 0 aliphatic heterocycles. The molecular formula is C8H19NO3. The zero-order valence-electron chi connectivity index (χ0n) is 8.26. The first-order valence-electron chi connectivity index (χ1n) is 3.98. The largest absolute Gasteiger partial charge is 0.389 e. The van der Waals surface area contributed by atoms with Crippen LogP contribution in [0.5, 0.6) is 0 Å². The maximum atomic E-state index is 9.33. The van der Waals surface area contributed by atoms with E-state index < -0.39 is 5.60 Å². The van der Waals surface area contributed by atoms with Crippen molar-refractivity contribution in [1.82, 2.24) is 5.32 Å². The Balaban J connectivity index is 3.41. The molecule has 0 saturated heterocycles. The van der Waals surface area contributed by atoms with Crippen LogP contribution >= 0.6 is 0 Å². The predicted octanol–water partition coefficient (Wildman–Crippen LogP) is -0.0342. The number of methoxy groups -OCH3 is 2. The third-order valence-electron chi connectivity index (χ3n) is 1.39. The lowest BCUT2D eigenvalue weighted by molar-refractivity contribution is -0.100. The van der Waals surface area contributed by atoms with E-state index in [0.717, 1.165) is 0 Å². The van der Waals surface area contributed by atoms with Gasteiger partial charge in [-0.2, -0.15) is 0 Å². The molecule has 0 unspecified atom stereocenters. The molecule has 0 aromatic carbocycles. The van der Waals surface area contributed by atoms with Gasteiger partial charge in [0.05, 0.1) is 5.60 Å². The highest BCUT2D eigenvalue weighted by molar-refractivity contribution is 4.68. The SMILES string of the molecule is COC(CNCC(C)(C)O)OC. The Morgan fingerprint density at radius 1 is 1.33 bits per heavy atom. The van der Waals surface area contributed by atoms with Crippen molar-refractivity contribution in [3.63, 3.8) is 0 Å². The standard InChI is InChI=1S/C8H19NO3/c1-8(2,10)6-9-5-7(11-3)12-4/h7,9-10H,5-6H2,1-4H3. The summed E-state index contributed by atoms with van der Waals surface area (Å²) >= 11 is 0. The van der Waals surface area contributed by atoms with Crippen molar-refractivity contribution in [2.75, 3.05) is 27.3 Å². The van der Waals surface area contributed by atoms with Crippen LogP contribution in [0.25, 0.3) is 0 Å². The number of ether oxygens (including phenoxy) is 2. The van der Waals surface area contributed by atoms with Crippen LogP contribution in [-0.4, -0.2) is 44.3 Å². The molecule has 0 saturated carbocycles. The van der Waals surface area contributed by atoms with Gasteiger partial charge in [0.2, 0.25) is 0 Å². The Bertz CT molecular complexity index is 107.